The molecule has 2 aliphatic heterocycles. The van der Waals surface area contributed by atoms with E-state index in [0.717, 1.165) is 26.2 Å². The fourth-order valence-electron chi connectivity index (χ4n) is 3.26. The molecule has 2 aliphatic rings. The molecule has 2 aromatic rings. The van der Waals surface area contributed by atoms with Crippen LogP contribution < -0.4 is 10.2 Å². The predicted octanol–water partition coefficient (Wildman–Crippen LogP) is 2.76. The second-order valence-electron chi connectivity index (χ2n) is 5.59. The van der Waals surface area contributed by atoms with Gasteiger partial charge in [-0.15, -0.1) is 0 Å². The first-order valence-corrected chi connectivity index (χ1v) is 7.29. The Bertz CT molecular complexity index is 596. The van der Waals surface area contributed by atoms with Gasteiger partial charge in [-0.3, -0.25) is 4.90 Å². The van der Waals surface area contributed by atoms with Crippen molar-refractivity contribution in [1.82, 2.24) is 4.90 Å². The van der Waals surface area contributed by atoms with Gasteiger partial charge < -0.3 is 10.2 Å². The highest BCUT2D eigenvalue weighted by Crippen LogP contribution is 2.35. The summed E-state index contributed by atoms with van der Waals surface area (Å²) >= 11 is 0. The smallest absolute Gasteiger partial charge is 0.112 e. The summed E-state index contributed by atoms with van der Waals surface area (Å²) in [6.45, 7) is 4.34. The van der Waals surface area contributed by atoms with E-state index in [2.05, 4.69) is 69.7 Å². The number of fused-ring (bicyclic) bond motifs is 3. The van der Waals surface area contributed by atoms with Crippen molar-refractivity contribution in [2.45, 2.75) is 12.7 Å². The summed E-state index contributed by atoms with van der Waals surface area (Å²) in [6, 6.07) is 19.4. The molecule has 0 radical (unpaired) electrons. The van der Waals surface area contributed by atoms with Crippen molar-refractivity contribution in [2.24, 2.45) is 0 Å². The van der Waals surface area contributed by atoms with Crippen LogP contribution in [-0.4, -0.2) is 30.7 Å². The monoisotopic (exact) mass is 265 g/mol. The van der Waals surface area contributed by atoms with Gasteiger partial charge in [-0.2, -0.15) is 0 Å². The summed E-state index contributed by atoms with van der Waals surface area (Å²) in [5.74, 6) is 0. The number of para-hydroxylation sites is 2. The van der Waals surface area contributed by atoms with Gasteiger partial charge in [0.2, 0.25) is 0 Å². The highest BCUT2D eigenvalue weighted by Gasteiger charge is 2.33. The Labute approximate surface area is 119 Å². The highest BCUT2D eigenvalue weighted by atomic mass is 15.4. The minimum Gasteiger partial charge on any atom is -0.362 e. The van der Waals surface area contributed by atoms with Gasteiger partial charge in [-0.05, 0) is 17.7 Å². The third-order valence-corrected chi connectivity index (χ3v) is 4.25. The largest absolute Gasteiger partial charge is 0.362 e. The molecule has 1 fully saturated rings. The number of rotatable bonds is 2. The van der Waals surface area contributed by atoms with Crippen LogP contribution in [0.3, 0.4) is 0 Å². The number of nitrogens with one attached hydrogen (secondary N) is 1. The minimum absolute atomic E-state index is 0.421. The molecule has 4 rings (SSSR count). The van der Waals surface area contributed by atoms with Gasteiger partial charge in [0, 0.05) is 26.2 Å². The van der Waals surface area contributed by atoms with E-state index in [1.54, 1.807) is 0 Å². The molecular weight excluding hydrogens is 246 g/mol. The van der Waals surface area contributed by atoms with E-state index >= 15 is 0 Å². The number of nitrogens with zero attached hydrogens (tertiary/aromatic N) is 2. The van der Waals surface area contributed by atoms with Crippen LogP contribution in [0.25, 0.3) is 0 Å². The summed E-state index contributed by atoms with van der Waals surface area (Å²) in [6.07, 6.45) is 0.421. The van der Waals surface area contributed by atoms with Crippen molar-refractivity contribution in [3.05, 3.63) is 60.2 Å². The van der Waals surface area contributed by atoms with Gasteiger partial charge in [0.05, 0.1) is 11.4 Å². The Hall–Kier alpha value is -2.00. The van der Waals surface area contributed by atoms with Crippen molar-refractivity contribution in [3.63, 3.8) is 0 Å². The lowest BCUT2D eigenvalue weighted by atomic mass is 10.2. The molecule has 0 aromatic heterocycles. The molecule has 2 aromatic carbocycles. The third kappa shape index (κ3) is 2.04. The molecule has 1 unspecified atom stereocenters. The van der Waals surface area contributed by atoms with Crippen LogP contribution in [0, 0.1) is 0 Å². The maximum Gasteiger partial charge on any atom is 0.112 e. The summed E-state index contributed by atoms with van der Waals surface area (Å²) in [7, 11) is 0. The zero-order chi connectivity index (χ0) is 13.4. The van der Waals surface area contributed by atoms with E-state index in [1.807, 2.05) is 0 Å². The maximum absolute atomic E-state index is 3.64. The minimum atomic E-state index is 0.421. The first-order chi connectivity index (χ1) is 9.90. The Morgan fingerprint density at radius 2 is 1.75 bits per heavy atom. The van der Waals surface area contributed by atoms with Crippen molar-refractivity contribution in [1.29, 1.82) is 0 Å². The van der Waals surface area contributed by atoms with Crippen molar-refractivity contribution in [2.75, 3.05) is 29.9 Å². The van der Waals surface area contributed by atoms with Crippen LogP contribution in [0.15, 0.2) is 54.6 Å². The molecular formula is C17H19N3. The first-order valence-electron chi connectivity index (χ1n) is 7.29. The number of hydrogen-bond donors (Lipinski definition) is 1. The molecule has 2 heterocycles. The molecule has 3 nitrogen and oxygen atoms in total. The zero-order valence-electron chi connectivity index (χ0n) is 11.5. The van der Waals surface area contributed by atoms with Gasteiger partial charge >= 0.3 is 0 Å². The molecule has 0 aliphatic carbocycles. The van der Waals surface area contributed by atoms with Crippen LogP contribution in [0.4, 0.5) is 11.4 Å². The van der Waals surface area contributed by atoms with Crippen LogP contribution in [0.2, 0.25) is 0 Å². The lowest BCUT2D eigenvalue weighted by molar-refractivity contribution is 0.227. The van der Waals surface area contributed by atoms with Crippen LogP contribution in [-0.2, 0) is 6.54 Å². The number of benzene rings is 2. The van der Waals surface area contributed by atoms with E-state index in [1.165, 1.54) is 16.9 Å². The molecule has 1 atom stereocenters. The molecule has 1 saturated heterocycles. The number of piperazine rings is 1. The average molecular weight is 265 g/mol. The molecule has 20 heavy (non-hydrogen) atoms. The predicted molar refractivity (Wildman–Crippen MR) is 82.9 cm³/mol. The van der Waals surface area contributed by atoms with Gasteiger partial charge in [-0.25, -0.2) is 0 Å². The molecule has 102 valence electrons. The summed E-state index contributed by atoms with van der Waals surface area (Å²) in [4.78, 5) is 5.03. The van der Waals surface area contributed by atoms with Crippen LogP contribution >= 0.6 is 0 Å². The second-order valence-corrected chi connectivity index (χ2v) is 5.59. The van der Waals surface area contributed by atoms with Gasteiger partial charge in [-0.1, -0.05) is 42.5 Å². The quantitative estimate of drug-likeness (QED) is 0.900. The zero-order valence-corrected chi connectivity index (χ0v) is 11.5. The average Bonchev–Trinajstić information content (AvgIpc) is 2.86. The van der Waals surface area contributed by atoms with Crippen LogP contribution in [0.1, 0.15) is 5.56 Å². The first kappa shape index (κ1) is 11.8. The topological polar surface area (TPSA) is 18.5 Å². The SMILES string of the molecule is c1ccc(CN2CCN3c4ccccc4NC3C2)cc1. The Balaban J connectivity index is 1.47. The lowest BCUT2D eigenvalue weighted by Gasteiger charge is -2.38. The van der Waals surface area contributed by atoms with E-state index in [4.69, 9.17) is 0 Å². The molecule has 3 heteroatoms. The molecule has 0 bridgehead atoms. The molecule has 0 saturated carbocycles. The Morgan fingerprint density at radius 3 is 2.65 bits per heavy atom. The van der Waals surface area contributed by atoms with E-state index in [-0.39, 0.29) is 0 Å². The van der Waals surface area contributed by atoms with E-state index in [0.29, 0.717) is 6.17 Å². The highest BCUT2D eigenvalue weighted by molar-refractivity contribution is 5.76. The third-order valence-electron chi connectivity index (χ3n) is 4.25. The van der Waals surface area contributed by atoms with Crippen LogP contribution in [0.5, 0.6) is 0 Å². The fraction of sp³-hybridized carbons (Fsp3) is 0.294. The van der Waals surface area contributed by atoms with Crippen molar-refractivity contribution < 1.29 is 0 Å². The summed E-state index contributed by atoms with van der Waals surface area (Å²) in [5.41, 5.74) is 4.03. The number of anilines is 2. The molecule has 1 N–H and O–H groups in total. The normalized spacial score (nSPS) is 21.2. The standard InChI is InChI=1S/C17H19N3/c1-2-6-14(7-3-1)12-19-10-11-20-16-9-5-4-8-15(16)18-17(20)13-19/h1-9,17-18H,10-13H2. The van der Waals surface area contributed by atoms with Gasteiger partial charge in [0.25, 0.3) is 0 Å². The van der Waals surface area contributed by atoms with E-state index < -0.39 is 0 Å². The maximum atomic E-state index is 3.64. The Morgan fingerprint density at radius 1 is 0.950 bits per heavy atom. The fourth-order valence-corrected chi connectivity index (χ4v) is 3.26. The second kappa shape index (κ2) is 4.84. The molecule has 0 amide bonds. The van der Waals surface area contributed by atoms with Gasteiger partial charge in [0.15, 0.2) is 0 Å². The van der Waals surface area contributed by atoms with Gasteiger partial charge in [0.1, 0.15) is 6.17 Å². The lowest BCUT2D eigenvalue weighted by Crippen LogP contribution is -2.53. The Kier molecular flexibility index (Phi) is 2.85. The summed E-state index contributed by atoms with van der Waals surface area (Å²) in [5, 5.41) is 3.64. The molecule has 0 spiro atoms. The van der Waals surface area contributed by atoms with E-state index in [9.17, 15) is 0 Å². The summed E-state index contributed by atoms with van der Waals surface area (Å²) < 4.78 is 0. The number of hydrogen-bond acceptors (Lipinski definition) is 3. The van der Waals surface area contributed by atoms with Crippen molar-refractivity contribution in [3.8, 4) is 0 Å². The van der Waals surface area contributed by atoms with Crippen molar-refractivity contribution >= 4 is 11.4 Å².